The summed E-state index contributed by atoms with van der Waals surface area (Å²) >= 11 is 0. The Bertz CT molecular complexity index is 933. The van der Waals surface area contributed by atoms with Crippen molar-refractivity contribution in [2.75, 3.05) is 5.73 Å². The summed E-state index contributed by atoms with van der Waals surface area (Å²) in [7, 11) is 0. The van der Waals surface area contributed by atoms with Gasteiger partial charge in [-0.3, -0.25) is 4.79 Å². The van der Waals surface area contributed by atoms with Crippen LogP contribution in [0.1, 0.15) is 18.1 Å². The molecule has 0 atom stereocenters. The molecule has 0 saturated carbocycles. The normalized spacial score (nSPS) is 10.8. The van der Waals surface area contributed by atoms with Gasteiger partial charge in [-0.05, 0) is 30.2 Å². The number of hydrogen-bond donors (Lipinski definition) is 1. The summed E-state index contributed by atoms with van der Waals surface area (Å²) in [6, 6.07) is 7.10. The number of nitrogens with two attached hydrogens (primary N) is 1. The fourth-order valence-electron chi connectivity index (χ4n) is 2.18. The molecule has 20 heavy (non-hydrogen) atoms. The Hall–Kier alpha value is -2.80. The number of terminal acetylenes is 1. The Morgan fingerprint density at radius 2 is 2.15 bits per heavy atom. The zero-order valence-electron chi connectivity index (χ0n) is 10.9. The summed E-state index contributed by atoms with van der Waals surface area (Å²) < 4.78 is 5.65. The molecule has 1 aromatic carbocycles. The second-order valence-electron chi connectivity index (χ2n) is 4.53. The molecule has 0 radical (unpaired) electrons. The van der Waals surface area contributed by atoms with Crippen LogP contribution >= 0.6 is 0 Å². The molecule has 0 saturated heterocycles. The molecular weight excluding hydrogens is 252 g/mol. The van der Waals surface area contributed by atoms with Crippen molar-refractivity contribution in [2.24, 2.45) is 0 Å². The highest BCUT2D eigenvalue weighted by atomic mass is 16.3. The van der Waals surface area contributed by atoms with Crippen molar-refractivity contribution in [3.8, 4) is 12.3 Å². The van der Waals surface area contributed by atoms with E-state index in [2.05, 4.69) is 10.9 Å². The molecule has 0 aliphatic heterocycles. The van der Waals surface area contributed by atoms with Crippen LogP contribution in [0.3, 0.4) is 0 Å². The van der Waals surface area contributed by atoms with E-state index in [1.165, 1.54) is 0 Å². The molecule has 98 valence electrons. The van der Waals surface area contributed by atoms with Crippen LogP contribution in [0.25, 0.3) is 22.1 Å². The second-order valence-corrected chi connectivity index (χ2v) is 4.53. The van der Waals surface area contributed by atoms with Crippen molar-refractivity contribution in [1.29, 1.82) is 0 Å². The first kappa shape index (κ1) is 12.2. The Kier molecular flexibility index (Phi) is 2.69. The van der Waals surface area contributed by atoms with Crippen LogP contribution in [0.15, 0.2) is 33.5 Å². The van der Waals surface area contributed by atoms with Crippen LogP contribution in [-0.4, -0.2) is 4.98 Å². The van der Waals surface area contributed by atoms with Crippen LogP contribution in [0.5, 0.6) is 0 Å². The van der Waals surface area contributed by atoms with Crippen molar-refractivity contribution >= 4 is 27.9 Å². The van der Waals surface area contributed by atoms with E-state index in [4.69, 9.17) is 16.6 Å². The molecule has 4 nitrogen and oxygen atoms in total. The van der Waals surface area contributed by atoms with E-state index in [9.17, 15) is 4.79 Å². The molecule has 0 fully saturated rings. The Balaban J connectivity index is 2.49. The number of nitrogens with zero attached hydrogens (tertiary/aromatic N) is 1. The summed E-state index contributed by atoms with van der Waals surface area (Å²) in [5.74, 6) is 2.60. The van der Waals surface area contributed by atoms with Crippen molar-refractivity contribution in [3.05, 3.63) is 45.6 Å². The van der Waals surface area contributed by atoms with Gasteiger partial charge >= 0.3 is 0 Å². The summed E-state index contributed by atoms with van der Waals surface area (Å²) in [5.41, 5.74) is 7.77. The van der Waals surface area contributed by atoms with E-state index >= 15 is 0 Å². The van der Waals surface area contributed by atoms with Gasteiger partial charge in [-0.15, -0.1) is 6.42 Å². The average Bonchev–Trinajstić information content (AvgIpc) is 2.46. The molecule has 2 heterocycles. The van der Waals surface area contributed by atoms with Gasteiger partial charge in [0.25, 0.3) is 0 Å². The number of hydrogen-bond acceptors (Lipinski definition) is 4. The molecule has 0 aliphatic carbocycles. The molecule has 3 aromatic rings. The summed E-state index contributed by atoms with van der Waals surface area (Å²) in [6.07, 6.45) is 6.20. The van der Waals surface area contributed by atoms with E-state index < -0.39 is 0 Å². The molecule has 2 aromatic heterocycles. The lowest BCUT2D eigenvalue weighted by Gasteiger charge is -2.04. The van der Waals surface area contributed by atoms with Gasteiger partial charge in [-0.2, -0.15) is 4.98 Å². The Labute approximate surface area is 115 Å². The number of benzene rings is 1. The van der Waals surface area contributed by atoms with Crippen molar-refractivity contribution in [1.82, 2.24) is 4.98 Å². The predicted octanol–water partition coefficient (Wildman–Crippen LogP) is 2.47. The predicted molar refractivity (Wildman–Crippen MR) is 79.5 cm³/mol. The highest BCUT2D eigenvalue weighted by Crippen LogP contribution is 2.21. The Morgan fingerprint density at radius 1 is 1.35 bits per heavy atom. The minimum absolute atomic E-state index is 0.138. The lowest BCUT2D eigenvalue weighted by Crippen LogP contribution is -2.06. The third-order valence-electron chi connectivity index (χ3n) is 3.32. The topological polar surface area (TPSA) is 69.1 Å². The maximum Gasteiger partial charge on any atom is 0.232 e. The van der Waals surface area contributed by atoms with E-state index in [1.807, 2.05) is 19.1 Å². The largest absolute Gasteiger partial charge is 0.437 e. The van der Waals surface area contributed by atoms with Gasteiger partial charge in [0.1, 0.15) is 11.4 Å². The first-order chi connectivity index (χ1) is 9.63. The first-order valence-corrected chi connectivity index (χ1v) is 6.26. The van der Waals surface area contributed by atoms with Gasteiger partial charge in [0, 0.05) is 0 Å². The minimum atomic E-state index is -0.138. The van der Waals surface area contributed by atoms with Crippen molar-refractivity contribution < 1.29 is 4.42 Å². The monoisotopic (exact) mass is 264 g/mol. The number of aryl methyl sites for hydroxylation is 1. The van der Waals surface area contributed by atoms with E-state index in [-0.39, 0.29) is 17.0 Å². The smallest absolute Gasteiger partial charge is 0.232 e. The summed E-state index contributed by atoms with van der Waals surface area (Å²) in [6.45, 7) is 2.03. The lowest BCUT2D eigenvalue weighted by molar-refractivity contribution is 0.645. The minimum Gasteiger partial charge on any atom is -0.437 e. The van der Waals surface area contributed by atoms with E-state index in [1.54, 1.807) is 12.1 Å². The van der Waals surface area contributed by atoms with E-state index in [0.717, 1.165) is 12.0 Å². The van der Waals surface area contributed by atoms with Gasteiger partial charge in [-0.25, -0.2) is 0 Å². The van der Waals surface area contributed by atoms with Crippen LogP contribution in [0.4, 0.5) is 5.82 Å². The van der Waals surface area contributed by atoms with Gasteiger partial charge in [0.2, 0.25) is 11.1 Å². The standard InChI is InChI=1S/C16H12N2O2/c1-3-9-5-6-13-11(7-9)14(19)12-8-10(4-2)15(17)18-16(12)20-13/h2,5-8H,3H2,1H3,(H2,17,18). The number of aromatic nitrogens is 1. The molecule has 0 bridgehead atoms. The fourth-order valence-corrected chi connectivity index (χ4v) is 2.18. The van der Waals surface area contributed by atoms with Crippen molar-refractivity contribution in [2.45, 2.75) is 13.3 Å². The van der Waals surface area contributed by atoms with Crippen LogP contribution in [-0.2, 0) is 6.42 Å². The van der Waals surface area contributed by atoms with Gasteiger partial charge in [-0.1, -0.05) is 18.9 Å². The SMILES string of the molecule is C#Cc1cc2c(=O)c3cc(CC)ccc3oc2nc1N. The van der Waals surface area contributed by atoms with Gasteiger partial charge < -0.3 is 10.2 Å². The van der Waals surface area contributed by atoms with Gasteiger partial charge in [0.15, 0.2) is 0 Å². The highest BCUT2D eigenvalue weighted by Gasteiger charge is 2.11. The van der Waals surface area contributed by atoms with Crippen LogP contribution in [0.2, 0.25) is 0 Å². The second kappa shape index (κ2) is 4.39. The molecule has 3 rings (SSSR count). The maximum absolute atomic E-state index is 12.5. The molecular formula is C16H12N2O2. The maximum atomic E-state index is 12.5. The molecule has 0 spiro atoms. The number of anilines is 1. The van der Waals surface area contributed by atoms with E-state index in [0.29, 0.717) is 21.9 Å². The summed E-state index contributed by atoms with van der Waals surface area (Å²) in [5, 5.41) is 0.888. The first-order valence-electron chi connectivity index (χ1n) is 6.26. The number of nitrogen functional groups attached to an aromatic ring is 1. The molecule has 2 N–H and O–H groups in total. The van der Waals surface area contributed by atoms with Crippen LogP contribution < -0.4 is 11.2 Å². The molecule has 0 unspecified atom stereocenters. The average molecular weight is 264 g/mol. The number of fused-ring (bicyclic) bond motifs is 2. The number of pyridine rings is 1. The summed E-state index contributed by atoms with van der Waals surface area (Å²) in [4.78, 5) is 16.6. The van der Waals surface area contributed by atoms with Gasteiger partial charge in [0.05, 0.1) is 16.3 Å². The van der Waals surface area contributed by atoms with Crippen molar-refractivity contribution in [3.63, 3.8) is 0 Å². The highest BCUT2D eigenvalue weighted by molar-refractivity contribution is 5.89. The zero-order chi connectivity index (χ0) is 14.3. The zero-order valence-corrected chi connectivity index (χ0v) is 10.9. The molecule has 4 heteroatoms. The van der Waals surface area contributed by atoms with Crippen LogP contribution in [0, 0.1) is 12.3 Å². The lowest BCUT2D eigenvalue weighted by atomic mass is 10.1. The fraction of sp³-hybridized carbons (Fsp3) is 0.125. The number of rotatable bonds is 1. The third kappa shape index (κ3) is 1.72. The quantitative estimate of drug-likeness (QED) is 0.541. The third-order valence-corrected chi connectivity index (χ3v) is 3.32. The molecule has 0 aliphatic rings. The molecule has 0 amide bonds. The Morgan fingerprint density at radius 3 is 2.85 bits per heavy atom.